The number of anilines is 1. The van der Waals surface area contributed by atoms with Crippen LogP contribution >= 0.6 is 0 Å². The molecule has 1 aliphatic carbocycles. The Balaban J connectivity index is 1.65. The number of aliphatic hydroxyl groups is 2. The summed E-state index contributed by atoms with van der Waals surface area (Å²) in [5, 5.41) is 20.7. The fraction of sp³-hybridized carbons (Fsp3) is 0.316. The summed E-state index contributed by atoms with van der Waals surface area (Å²) in [6, 6.07) is 11.0. The number of amides is 1. The molecule has 3 N–H and O–H groups in total. The van der Waals surface area contributed by atoms with Gasteiger partial charge < -0.3 is 14.9 Å². The lowest BCUT2D eigenvalue weighted by molar-refractivity contribution is 0.155. The van der Waals surface area contributed by atoms with E-state index in [9.17, 15) is 23.8 Å². The summed E-state index contributed by atoms with van der Waals surface area (Å²) in [5.41, 5.74) is 0.545. The molecule has 0 radical (unpaired) electrons. The van der Waals surface area contributed by atoms with Crippen molar-refractivity contribution in [2.24, 2.45) is 11.8 Å². The fourth-order valence-electron chi connectivity index (χ4n) is 3.22. The molecule has 3 atom stereocenters. The Bertz CT molecular complexity index is 751. The van der Waals surface area contributed by atoms with Crippen LogP contribution in [0.15, 0.2) is 42.5 Å². The van der Waals surface area contributed by atoms with Crippen molar-refractivity contribution in [3.05, 3.63) is 65.2 Å². The highest BCUT2D eigenvalue weighted by molar-refractivity contribution is 5.84. The first-order valence-corrected chi connectivity index (χ1v) is 8.23. The van der Waals surface area contributed by atoms with Crippen molar-refractivity contribution >= 4 is 11.8 Å². The third-order valence-corrected chi connectivity index (χ3v) is 4.62. The highest BCUT2D eigenvalue weighted by Crippen LogP contribution is 2.54. The molecule has 0 unspecified atom stereocenters. The molecule has 0 bridgehead atoms. The van der Waals surface area contributed by atoms with Gasteiger partial charge in [-0.1, -0.05) is 30.3 Å². The molecule has 0 spiro atoms. The molecule has 1 amide bonds. The van der Waals surface area contributed by atoms with Gasteiger partial charge in [-0.05, 0) is 29.5 Å². The number of nitrogens with one attached hydrogen (secondary N) is 1. The van der Waals surface area contributed by atoms with E-state index >= 15 is 0 Å². The minimum absolute atomic E-state index is 0.0359. The third kappa shape index (κ3) is 3.84. The summed E-state index contributed by atoms with van der Waals surface area (Å²) in [6.45, 7) is -0.463. The van der Waals surface area contributed by atoms with Crippen molar-refractivity contribution < 1.29 is 28.5 Å². The van der Waals surface area contributed by atoms with Crippen molar-refractivity contribution in [2.75, 3.05) is 18.5 Å². The van der Waals surface area contributed by atoms with Crippen LogP contribution in [0.4, 0.5) is 19.3 Å². The van der Waals surface area contributed by atoms with Gasteiger partial charge in [-0.2, -0.15) is 0 Å². The molecule has 138 valence electrons. The van der Waals surface area contributed by atoms with Crippen LogP contribution in [0.3, 0.4) is 0 Å². The van der Waals surface area contributed by atoms with Gasteiger partial charge in [0.05, 0.1) is 0 Å². The lowest BCUT2D eigenvalue weighted by atomic mass is 10.1. The number of ether oxygens (including phenoxy) is 1. The van der Waals surface area contributed by atoms with E-state index in [1.165, 1.54) is 0 Å². The van der Waals surface area contributed by atoms with E-state index in [4.69, 9.17) is 4.74 Å². The topological polar surface area (TPSA) is 78.8 Å². The Kier molecular flexibility index (Phi) is 5.49. The molecule has 2 aromatic rings. The lowest BCUT2D eigenvalue weighted by Gasteiger charge is -2.10. The number of carbonyl (C=O) groups excluding carboxylic acids is 1. The van der Waals surface area contributed by atoms with Gasteiger partial charge in [0.1, 0.15) is 18.2 Å². The Morgan fingerprint density at radius 3 is 2.15 bits per heavy atom. The maximum absolute atomic E-state index is 14.3. The average Bonchev–Trinajstić information content (AvgIpc) is 3.33. The summed E-state index contributed by atoms with van der Waals surface area (Å²) in [6.07, 6.45) is -0.826. The van der Waals surface area contributed by atoms with E-state index in [0.29, 0.717) is 0 Å². The van der Waals surface area contributed by atoms with Gasteiger partial charge >= 0.3 is 6.09 Å². The molecule has 1 aliphatic rings. The third-order valence-electron chi connectivity index (χ3n) is 4.62. The molecule has 0 saturated heterocycles. The molecular formula is C19H19F2NO4. The average molecular weight is 363 g/mol. The van der Waals surface area contributed by atoms with Gasteiger partial charge in [0, 0.05) is 30.4 Å². The molecule has 2 aromatic carbocycles. The molecule has 0 aromatic heterocycles. The molecule has 1 saturated carbocycles. The Morgan fingerprint density at radius 1 is 1.04 bits per heavy atom. The maximum atomic E-state index is 14.3. The van der Waals surface area contributed by atoms with E-state index < -0.39 is 23.6 Å². The van der Waals surface area contributed by atoms with E-state index in [0.717, 1.165) is 17.7 Å². The number of rotatable bonds is 6. The lowest BCUT2D eigenvalue weighted by Crippen LogP contribution is -2.14. The normalized spacial score (nSPS) is 21.3. The van der Waals surface area contributed by atoms with Gasteiger partial charge in [-0.15, -0.1) is 0 Å². The highest BCUT2D eigenvalue weighted by Gasteiger charge is 2.52. The first-order chi connectivity index (χ1) is 12.5. The van der Waals surface area contributed by atoms with Crippen LogP contribution in [-0.2, 0) is 11.3 Å². The van der Waals surface area contributed by atoms with Crippen LogP contribution in [-0.4, -0.2) is 29.5 Å². The van der Waals surface area contributed by atoms with Crippen LogP contribution < -0.4 is 5.32 Å². The number of carbonyl (C=O) groups is 1. The number of benzene rings is 2. The van der Waals surface area contributed by atoms with Crippen molar-refractivity contribution in [3.8, 4) is 0 Å². The van der Waals surface area contributed by atoms with Gasteiger partial charge in [0.2, 0.25) is 0 Å². The van der Waals surface area contributed by atoms with E-state index in [1.54, 1.807) is 24.3 Å². The second kappa shape index (κ2) is 7.80. The minimum Gasteiger partial charge on any atom is -0.444 e. The van der Waals surface area contributed by atoms with Crippen molar-refractivity contribution in [1.82, 2.24) is 0 Å². The molecule has 0 aliphatic heterocycles. The first-order valence-electron chi connectivity index (χ1n) is 8.23. The van der Waals surface area contributed by atoms with Gasteiger partial charge in [-0.3, -0.25) is 5.32 Å². The summed E-state index contributed by atoms with van der Waals surface area (Å²) >= 11 is 0. The maximum Gasteiger partial charge on any atom is 0.411 e. The van der Waals surface area contributed by atoms with Crippen molar-refractivity contribution in [3.63, 3.8) is 0 Å². The van der Waals surface area contributed by atoms with Crippen molar-refractivity contribution in [2.45, 2.75) is 12.5 Å². The number of halogens is 2. The Labute approximate surface area is 149 Å². The molecule has 1 fully saturated rings. The predicted octanol–water partition coefficient (Wildman–Crippen LogP) is 3.03. The molecule has 3 rings (SSSR count). The Morgan fingerprint density at radius 2 is 1.62 bits per heavy atom. The molecule has 26 heavy (non-hydrogen) atoms. The SMILES string of the molecule is O=C(Nc1cc(F)c([C@H]2[C@H](CO)[C@@H]2CO)c(F)c1)OCc1ccccc1. The summed E-state index contributed by atoms with van der Waals surface area (Å²) in [7, 11) is 0. The van der Waals surface area contributed by atoms with Crippen LogP contribution in [0.25, 0.3) is 0 Å². The van der Waals surface area contributed by atoms with Crippen LogP contribution in [0.5, 0.6) is 0 Å². The standard InChI is InChI=1S/C19H19F2NO4/c20-15-6-12(22-19(25)26-10-11-4-2-1-3-5-11)7-16(21)18(15)17-13(8-23)14(17)9-24/h1-7,13-14,17,23-24H,8-10H2,(H,22,25)/t13-,14+,17+. The Hall–Kier alpha value is -2.51. The predicted molar refractivity (Wildman–Crippen MR) is 90.5 cm³/mol. The number of hydrogen-bond acceptors (Lipinski definition) is 4. The van der Waals surface area contributed by atoms with E-state index in [2.05, 4.69) is 5.32 Å². The number of hydrogen-bond donors (Lipinski definition) is 3. The van der Waals surface area contributed by atoms with Crippen LogP contribution in [0, 0.1) is 23.5 Å². The fourth-order valence-corrected chi connectivity index (χ4v) is 3.22. The molecular weight excluding hydrogens is 344 g/mol. The summed E-state index contributed by atoms with van der Waals surface area (Å²) < 4.78 is 33.7. The van der Waals surface area contributed by atoms with Gasteiger partial charge in [0.15, 0.2) is 0 Å². The van der Waals surface area contributed by atoms with Gasteiger partial charge in [0.25, 0.3) is 0 Å². The largest absolute Gasteiger partial charge is 0.444 e. The zero-order valence-electron chi connectivity index (χ0n) is 13.9. The summed E-state index contributed by atoms with van der Waals surface area (Å²) in [5.74, 6) is -2.95. The highest BCUT2D eigenvalue weighted by atomic mass is 19.1. The second-order valence-corrected chi connectivity index (χ2v) is 6.26. The van der Waals surface area contributed by atoms with Crippen molar-refractivity contribution in [1.29, 1.82) is 0 Å². The molecule has 5 nitrogen and oxygen atoms in total. The minimum atomic E-state index is -0.831. The monoisotopic (exact) mass is 363 g/mol. The van der Waals surface area contributed by atoms with Crippen LogP contribution in [0.2, 0.25) is 0 Å². The zero-order chi connectivity index (χ0) is 18.7. The zero-order valence-corrected chi connectivity index (χ0v) is 13.9. The van der Waals surface area contributed by atoms with E-state index in [1.807, 2.05) is 6.07 Å². The quantitative estimate of drug-likeness (QED) is 0.737. The van der Waals surface area contributed by atoms with Gasteiger partial charge in [-0.25, -0.2) is 13.6 Å². The molecule has 0 heterocycles. The van der Waals surface area contributed by atoms with E-state index in [-0.39, 0.29) is 42.9 Å². The first kappa shape index (κ1) is 18.3. The second-order valence-electron chi connectivity index (χ2n) is 6.26. The smallest absolute Gasteiger partial charge is 0.411 e. The number of aliphatic hydroxyl groups excluding tert-OH is 2. The summed E-state index contributed by atoms with van der Waals surface area (Å²) in [4.78, 5) is 11.8. The van der Waals surface area contributed by atoms with Crippen LogP contribution in [0.1, 0.15) is 17.0 Å². The molecule has 7 heteroatoms.